The summed E-state index contributed by atoms with van der Waals surface area (Å²) in [5, 5.41) is 0. The molecule has 0 aromatic heterocycles. The number of amides is 2. The van der Waals surface area contributed by atoms with Crippen LogP contribution in [0.25, 0.3) is 0 Å². The molecule has 1 rings (SSSR count). The highest BCUT2D eigenvalue weighted by atomic mass is 16.2. The topological polar surface area (TPSA) is 40.6 Å². The van der Waals surface area contributed by atoms with Gasteiger partial charge in [-0.3, -0.25) is 14.5 Å². The summed E-state index contributed by atoms with van der Waals surface area (Å²) in [5.74, 6) is -0.337. The van der Waals surface area contributed by atoms with Crippen LogP contribution in [0.3, 0.4) is 0 Å². The number of carbonyl (C=O) groups is 2. The first-order chi connectivity index (χ1) is 6.56. The highest BCUT2D eigenvalue weighted by molar-refractivity contribution is 6.15. The van der Waals surface area contributed by atoms with Gasteiger partial charge in [0.05, 0.1) is 0 Å². The van der Waals surface area contributed by atoms with E-state index < -0.39 is 0 Å². The first-order valence-corrected chi connectivity index (χ1v) is 4.79. The average molecular weight is 196 g/mol. The molecule has 14 heavy (non-hydrogen) atoms. The van der Waals surface area contributed by atoms with E-state index in [1.807, 2.05) is 14.0 Å². The molecule has 0 unspecified atom stereocenters. The largest absolute Gasteiger partial charge is 0.305 e. The van der Waals surface area contributed by atoms with Crippen molar-refractivity contribution in [1.82, 2.24) is 9.80 Å². The fraction of sp³-hybridized carbons (Fsp3) is 0.600. The molecule has 0 fully saturated rings. The maximum absolute atomic E-state index is 11.4. The third-order valence-electron chi connectivity index (χ3n) is 2.43. The van der Waals surface area contributed by atoms with E-state index in [0.717, 1.165) is 13.1 Å². The predicted molar refractivity (Wildman–Crippen MR) is 53.6 cm³/mol. The van der Waals surface area contributed by atoms with Crippen LogP contribution in [0.5, 0.6) is 0 Å². The lowest BCUT2D eigenvalue weighted by atomic mass is 10.3. The van der Waals surface area contributed by atoms with E-state index in [2.05, 4.69) is 4.90 Å². The van der Waals surface area contributed by atoms with Gasteiger partial charge in [0, 0.05) is 24.7 Å². The molecule has 2 amide bonds. The van der Waals surface area contributed by atoms with Gasteiger partial charge in [-0.1, -0.05) is 6.92 Å². The maximum Gasteiger partial charge on any atom is 0.256 e. The lowest BCUT2D eigenvalue weighted by Gasteiger charge is -2.19. The number of rotatable bonds is 4. The van der Waals surface area contributed by atoms with Crippen molar-refractivity contribution in [3.05, 3.63) is 11.6 Å². The molecule has 0 aliphatic carbocycles. The van der Waals surface area contributed by atoms with Gasteiger partial charge >= 0.3 is 0 Å². The van der Waals surface area contributed by atoms with Gasteiger partial charge in [0.15, 0.2) is 0 Å². The Morgan fingerprint density at radius 3 is 2.50 bits per heavy atom. The second-order valence-corrected chi connectivity index (χ2v) is 3.52. The van der Waals surface area contributed by atoms with Gasteiger partial charge in [-0.2, -0.15) is 0 Å². The molecule has 1 aliphatic rings. The molecule has 4 heteroatoms. The minimum atomic E-state index is -0.183. The predicted octanol–water partition coefficient (Wildman–Crippen LogP) is 0.253. The van der Waals surface area contributed by atoms with Crippen molar-refractivity contribution >= 4 is 11.8 Å². The molecule has 1 aliphatic heterocycles. The van der Waals surface area contributed by atoms with Gasteiger partial charge in [-0.25, -0.2) is 0 Å². The van der Waals surface area contributed by atoms with Gasteiger partial charge in [-0.15, -0.1) is 0 Å². The molecule has 78 valence electrons. The summed E-state index contributed by atoms with van der Waals surface area (Å²) in [5.41, 5.74) is 0.536. The van der Waals surface area contributed by atoms with Crippen LogP contribution < -0.4 is 0 Å². The summed E-state index contributed by atoms with van der Waals surface area (Å²) in [4.78, 5) is 26.1. The van der Waals surface area contributed by atoms with E-state index in [1.165, 1.54) is 11.0 Å². The highest BCUT2D eigenvalue weighted by Crippen LogP contribution is 2.11. The number of hydrogen-bond donors (Lipinski definition) is 0. The van der Waals surface area contributed by atoms with Crippen LogP contribution in [0.15, 0.2) is 11.6 Å². The highest BCUT2D eigenvalue weighted by Gasteiger charge is 2.27. The fourth-order valence-corrected chi connectivity index (χ4v) is 1.28. The Balaban J connectivity index is 2.48. The molecule has 1 heterocycles. The Labute approximate surface area is 84.2 Å². The normalized spacial score (nSPS) is 16.9. The van der Waals surface area contributed by atoms with E-state index in [-0.39, 0.29) is 11.8 Å². The van der Waals surface area contributed by atoms with Crippen LogP contribution in [0, 0.1) is 0 Å². The minimum absolute atomic E-state index is 0.153. The second kappa shape index (κ2) is 4.37. The van der Waals surface area contributed by atoms with E-state index in [1.54, 1.807) is 6.92 Å². The van der Waals surface area contributed by atoms with Crippen molar-refractivity contribution in [2.24, 2.45) is 0 Å². The lowest BCUT2D eigenvalue weighted by molar-refractivity contribution is -0.137. The minimum Gasteiger partial charge on any atom is -0.305 e. The molecule has 0 spiro atoms. The van der Waals surface area contributed by atoms with Gasteiger partial charge in [-0.05, 0) is 20.5 Å². The zero-order chi connectivity index (χ0) is 10.7. The van der Waals surface area contributed by atoms with E-state index in [4.69, 9.17) is 0 Å². The first kappa shape index (κ1) is 10.9. The maximum atomic E-state index is 11.4. The fourth-order valence-electron chi connectivity index (χ4n) is 1.28. The van der Waals surface area contributed by atoms with Crippen molar-refractivity contribution in [3.8, 4) is 0 Å². The molecule has 0 saturated carbocycles. The van der Waals surface area contributed by atoms with E-state index >= 15 is 0 Å². The molecule has 0 atom stereocenters. The van der Waals surface area contributed by atoms with Crippen LogP contribution >= 0.6 is 0 Å². The van der Waals surface area contributed by atoms with Crippen molar-refractivity contribution in [1.29, 1.82) is 0 Å². The third kappa shape index (κ3) is 2.20. The molecule has 0 aromatic rings. The van der Waals surface area contributed by atoms with Gasteiger partial charge < -0.3 is 4.90 Å². The third-order valence-corrected chi connectivity index (χ3v) is 2.43. The summed E-state index contributed by atoms with van der Waals surface area (Å²) in [6, 6.07) is 0. The number of carbonyl (C=O) groups excluding carboxylic acids is 2. The van der Waals surface area contributed by atoms with E-state index in [0.29, 0.717) is 12.1 Å². The summed E-state index contributed by atoms with van der Waals surface area (Å²) in [7, 11) is 1.96. The number of imide groups is 1. The van der Waals surface area contributed by atoms with Crippen molar-refractivity contribution in [2.75, 3.05) is 26.7 Å². The van der Waals surface area contributed by atoms with Crippen LogP contribution in [0.2, 0.25) is 0 Å². The quantitative estimate of drug-likeness (QED) is 0.605. The molecule has 0 saturated heterocycles. The summed E-state index contributed by atoms with van der Waals surface area (Å²) in [6.07, 6.45) is 1.40. The Bertz CT molecular complexity index is 284. The standard InChI is InChI=1S/C10H16N2O2/c1-4-11(3)5-6-12-9(13)7-8(2)10(12)14/h7H,4-6H2,1-3H3. The SMILES string of the molecule is CCN(C)CCN1C(=O)C=C(C)C1=O. The monoisotopic (exact) mass is 196 g/mol. The first-order valence-electron chi connectivity index (χ1n) is 4.79. The molecule has 0 bridgehead atoms. The van der Waals surface area contributed by atoms with Crippen LogP contribution in [-0.4, -0.2) is 48.3 Å². The van der Waals surface area contributed by atoms with Crippen molar-refractivity contribution < 1.29 is 9.59 Å². The second-order valence-electron chi connectivity index (χ2n) is 3.52. The Morgan fingerprint density at radius 1 is 1.43 bits per heavy atom. The molecule has 4 nitrogen and oxygen atoms in total. The van der Waals surface area contributed by atoms with E-state index in [9.17, 15) is 9.59 Å². The number of nitrogens with zero attached hydrogens (tertiary/aromatic N) is 2. The Hall–Kier alpha value is -1.16. The van der Waals surface area contributed by atoms with Gasteiger partial charge in [0.25, 0.3) is 11.8 Å². The molecular weight excluding hydrogens is 180 g/mol. The van der Waals surface area contributed by atoms with Crippen LogP contribution in [-0.2, 0) is 9.59 Å². The van der Waals surface area contributed by atoms with Crippen molar-refractivity contribution in [3.63, 3.8) is 0 Å². The number of likely N-dealkylation sites (N-methyl/N-ethyl adjacent to an activating group) is 1. The van der Waals surface area contributed by atoms with Crippen molar-refractivity contribution in [2.45, 2.75) is 13.8 Å². The lowest BCUT2D eigenvalue weighted by Crippen LogP contribution is -2.37. The molecular formula is C10H16N2O2. The summed E-state index contributed by atoms with van der Waals surface area (Å²) in [6.45, 7) is 5.84. The smallest absolute Gasteiger partial charge is 0.256 e. The zero-order valence-corrected chi connectivity index (χ0v) is 8.91. The van der Waals surface area contributed by atoms with Gasteiger partial charge in [0.2, 0.25) is 0 Å². The van der Waals surface area contributed by atoms with Crippen LogP contribution in [0.4, 0.5) is 0 Å². The number of hydrogen-bond acceptors (Lipinski definition) is 3. The Kier molecular flexibility index (Phi) is 3.41. The van der Waals surface area contributed by atoms with Crippen LogP contribution in [0.1, 0.15) is 13.8 Å². The van der Waals surface area contributed by atoms with Gasteiger partial charge in [0.1, 0.15) is 0 Å². The summed E-state index contributed by atoms with van der Waals surface area (Å²) < 4.78 is 0. The zero-order valence-electron chi connectivity index (χ0n) is 8.91. The molecule has 0 aromatic carbocycles. The summed E-state index contributed by atoms with van der Waals surface area (Å²) >= 11 is 0. The molecule has 0 N–H and O–H groups in total. The Morgan fingerprint density at radius 2 is 2.07 bits per heavy atom. The average Bonchev–Trinajstić information content (AvgIpc) is 2.39. The molecule has 0 radical (unpaired) electrons.